The van der Waals surface area contributed by atoms with Crippen molar-refractivity contribution in [2.75, 3.05) is 20.1 Å². The van der Waals surface area contributed by atoms with E-state index in [0.29, 0.717) is 6.54 Å². The predicted molar refractivity (Wildman–Crippen MR) is 92.0 cm³/mol. The summed E-state index contributed by atoms with van der Waals surface area (Å²) in [4.78, 5) is 6.80. The van der Waals surface area contributed by atoms with Crippen LogP contribution in [0.2, 0.25) is 0 Å². The van der Waals surface area contributed by atoms with Gasteiger partial charge in [-0.2, -0.15) is 0 Å². The third-order valence-corrected chi connectivity index (χ3v) is 4.42. The van der Waals surface area contributed by atoms with Crippen LogP contribution in [0.3, 0.4) is 0 Å². The summed E-state index contributed by atoms with van der Waals surface area (Å²) in [5, 5.41) is 13.8. The smallest absolute Gasteiger partial charge is 0.194 e. The highest BCUT2D eigenvalue weighted by atomic mass is 16.3. The fourth-order valence-electron chi connectivity index (χ4n) is 3.00. The number of benzene rings is 1. The molecule has 1 aliphatic carbocycles. The third-order valence-electron chi connectivity index (χ3n) is 4.42. The number of nitrogens with one attached hydrogen (secondary N) is 1. The van der Waals surface area contributed by atoms with Crippen LogP contribution in [0, 0.1) is 6.92 Å². The Hall–Kier alpha value is -1.55. The van der Waals surface area contributed by atoms with Crippen LogP contribution in [0.15, 0.2) is 29.3 Å². The summed E-state index contributed by atoms with van der Waals surface area (Å²) in [6.07, 6.45) is 3.97. The quantitative estimate of drug-likeness (QED) is 0.649. The fraction of sp³-hybridized carbons (Fsp3) is 0.611. The zero-order valence-corrected chi connectivity index (χ0v) is 14.1. The van der Waals surface area contributed by atoms with E-state index >= 15 is 0 Å². The van der Waals surface area contributed by atoms with Gasteiger partial charge in [0.15, 0.2) is 5.96 Å². The molecule has 0 aromatic heterocycles. The van der Waals surface area contributed by atoms with Gasteiger partial charge in [-0.15, -0.1) is 0 Å². The third kappa shape index (κ3) is 4.47. The SMILES string of the molecule is CCNC(=NCC1(O)CCCC1)N(C)Cc1ccccc1C. The van der Waals surface area contributed by atoms with Crippen molar-refractivity contribution in [3.8, 4) is 0 Å². The molecule has 22 heavy (non-hydrogen) atoms. The molecule has 4 nitrogen and oxygen atoms in total. The highest BCUT2D eigenvalue weighted by Gasteiger charge is 2.30. The largest absolute Gasteiger partial charge is 0.388 e. The van der Waals surface area contributed by atoms with Crippen LogP contribution in [0.25, 0.3) is 0 Å². The van der Waals surface area contributed by atoms with Gasteiger partial charge in [0.05, 0.1) is 12.1 Å². The second-order valence-corrected chi connectivity index (χ2v) is 6.38. The van der Waals surface area contributed by atoms with E-state index in [2.05, 4.69) is 53.3 Å². The maximum atomic E-state index is 10.5. The zero-order valence-electron chi connectivity index (χ0n) is 14.1. The van der Waals surface area contributed by atoms with E-state index in [0.717, 1.165) is 44.7 Å². The molecular weight excluding hydrogens is 274 g/mol. The zero-order chi connectivity index (χ0) is 16.0. The normalized spacial score (nSPS) is 17.5. The van der Waals surface area contributed by atoms with Gasteiger partial charge < -0.3 is 15.3 Å². The van der Waals surface area contributed by atoms with E-state index < -0.39 is 5.60 Å². The first-order valence-corrected chi connectivity index (χ1v) is 8.30. The van der Waals surface area contributed by atoms with Gasteiger partial charge in [-0.05, 0) is 37.8 Å². The molecule has 0 spiro atoms. The van der Waals surface area contributed by atoms with Crippen molar-refractivity contribution in [2.45, 2.75) is 51.7 Å². The number of hydrogen-bond donors (Lipinski definition) is 2. The Bertz CT molecular complexity index is 507. The van der Waals surface area contributed by atoms with Crippen molar-refractivity contribution in [1.82, 2.24) is 10.2 Å². The lowest BCUT2D eigenvalue weighted by Gasteiger charge is -2.25. The molecule has 1 aliphatic rings. The van der Waals surface area contributed by atoms with Crippen molar-refractivity contribution in [2.24, 2.45) is 4.99 Å². The topological polar surface area (TPSA) is 47.9 Å². The summed E-state index contributed by atoms with van der Waals surface area (Å²) in [6, 6.07) is 8.42. The minimum absolute atomic E-state index is 0.493. The van der Waals surface area contributed by atoms with Gasteiger partial charge in [0.25, 0.3) is 0 Å². The molecule has 0 amide bonds. The van der Waals surface area contributed by atoms with Crippen molar-refractivity contribution < 1.29 is 5.11 Å². The van der Waals surface area contributed by atoms with Crippen molar-refractivity contribution in [1.29, 1.82) is 0 Å². The predicted octanol–water partition coefficient (Wildman–Crippen LogP) is 2.70. The van der Waals surface area contributed by atoms with E-state index in [1.54, 1.807) is 0 Å². The van der Waals surface area contributed by atoms with Gasteiger partial charge >= 0.3 is 0 Å². The van der Waals surface area contributed by atoms with E-state index in [1.807, 2.05) is 7.05 Å². The molecular formula is C18H29N3O. The van der Waals surface area contributed by atoms with E-state index in [4.69, 9.17) is 0 Å². The lowest BCUT2D eigenvalue weighted by molar-refractivity contribution is 0.0572. The summed E-state index contributed by atoms with van der Waals surface area (Å²) in [7, 11) is 2.05. The molecule has 122 valence electrons. The Balaban J connectivity index is 2.04. The molecule has 0 radical (unpaired) electrons. The van der Waals surface area contributed by atoms with Gasteiger partial charge in [0.1, 0.15) is 0 Å². The number of guanidine groups is 1. The van der Waals surface area contributed by atoms with Crippen LogP contribution in [0.4, 0.5) is 0 Å². The average Bonchev–Trinajstić information content (AvgIpc) is 2.93. The van der Waals surface area contributed by atoms with Gasteiger partial charge in [-0.25, -0.2) is 0 Å². The van der Waals surface area contributed by atoms with Gasteiger partial charge in [-0.1, -0.05) is 37.1 Å². The molecule has 1 aromatic rings. The Morgan fingerprint density at radius 2 is 2.00 bits per heavy atom. The molecule has 1 saturated carbocycles. The lowest BCUT2D eigenvalue weighted by Crippen LogP contribution is -2.40. The van der Waals surface area contributed by atoms with Gasteiger partial charge in [-0.3, -0.25) is 4.99 Å². The number of nitrogens with zero attached hydrogens (tertiary/aromatic N) is 2. The second kappa shape index (κ2) is 7.63. The Morgan fingerprint density at radius 3 is 2.64 bits per heavy atom. The number of hydrogen-bond acceptors (Lipinski definition) is 2. The number of aliphatic hydroxyl groups is 1. The van der Waals surface area contributed by atoms with E-state index in [1.165, 1.54) is 11.1 Å². The lowest BCUT2D eigenvalue weighted by atomic mass is 10.0. The number of aryl methyl sites for hydroxylation is 1. The van der Waals surface area contributed by atoms with Crippen LogP contribution < -0.4 is 5.32 Å². The van der Waals surface area contributed by atoms with Crippen molar-refractivity contribution in [3.63, 3.8) is 0 Å². The fourth-order valence-corrected chi connectivity index (χ4v) is 3.00. The summed E-state index contributed by atoms with van der Waals surface area (Å²) in [5.41, 5.74) is 2.00. The van der Waals surface area contributed by atoms with Gasteiger partial charge in [0, 0.05) is 20.1 Å². The van der Waals surface area contributed by atoms with Crippen LogP contribution in [-0.4, -0.2) is 41.7 Å². The van der Waals surface area contributed by atoms with E-state index in [-0.39, 0.29) is 0 Å². The first-order chi connectivity index (χ1) is 10.5. The summed E-state index contributed by atoms with van der Waals surface area (Å²) in [6.45, 7) is 6.34. The number of rotatable bonds is 5. The van der Waals surface area contributed by atoms with Crippen molar-refractivity contribution in [3.05, 3.63) is 35.4 Å². The van der Waals surface area contributed by atoms with Crippen LogP contribution in [0.5, 0.6) is 0 Å². The molecule has 0 atom stereocenters. The van der Waals surface area contributed by atoms with Crippen LogP contribution in [-0.2, 0) is 6.54 Å². The second-order valence-electron chi connectivity index (χ2n) is 6.38. The molecule has 1 fully saturated rings. The van der Waals surface area contributed by atoms with Crippen LogP contribution >= 0.6 is 0 Å². The van der Waals surface area contributed by atoms with Crippen molar-refractivity contribution >= 4 is 5.96 Å². The minimum Gasteiger partial charge on any atom is -0.388 e. The van der Waals surface area contributed by atoms with Crippen LogP contribution in [0.1, 0.15) is 43.7 Å². The Morgan fingerprint density at radius 1 is 1.32 bits per heavy atom. The maximum absolute atomic E-state index is 10.5. The summed E-state index contributed by atoms with van der Waals surface area (Å²) < 4.78 is 0. The molecule has 0 aliphatic heterocycles. The molecule has 0 saturated heterocycles. The summed E-state index contributed by atoms with van der Waals surface area (Å²) >= 11 is 0. The highest BCUT2D eigenvalue weighted by molar-refractivity contribution is 5.79. The monoisotopic (exact) mass is 303 g/mol. The molecule has 2 rings (SSSR count). The molecule has 2 N–H and O–H groups in total. The first kappa shape index (κ1) is 16.8. The maximum Gasteiger partial charge on any atom is 0.194 e. The average molecular weight is 303 g/mol. The highest BCUT2D eigenvalue weighted by Crippen LogP contribution is 2.29. The Labute approximate surface area is 134 Å². The Kier molecular flexibility index (Phi) is 5.83. The molecule has 0 heterocycles. The summed E-state index contributed by atoms with van der Waals surface area (Å²) in [5.74, 6) is 0.867. The molecule has 0 bridgehead atoms. The first-order valence-electron chi connectivity index (χ1n) is 8.30. The minimum atomic E-state index is -0.593. The molecule has 4 heteroatoms. The molecule has 1 aromatic carbocycles. The standard InChI is InChI=1S/C18H29N3O/c1-4-19-17(20-14-18(22)11-7-8-12-18)21(3)13-16-10-6-5-9-15(16)2/h5-6,9-10,22H,4,7-8,11-14H2,1-3H3,(H,19,20). The van der Waals surface area contributed by atoms with Gasteiger partial charge in [0.2, 0.25) is 0 Å². The molecule has 0 unspecified atom stereocenters. The number of aliphatic imine (C=N–C) groups is 1. The van der Waals surface area contributed by atoms with E-state index in [9.17, 15) is 5.11 Å².